The van der Waals surface area contributed by atoms with Crippen LogP contribution in [0.5, 0.6) is 0 Å². The van der Waals surface area contributed by atoms with Crippen LogP contribution in [0.3, 0.4) is 0 Å². The SMILES string of the molecule is Cc1cc(C)c(S(=O)(=O)NC(Cc2ccccc2)C(=O)Nc2ccccc2Cc2ccccc2)c(C)c1. The lowest BCUT2D eigenvalue weighted by Crippen LogP contribution is -2.45. The van der Waals surface area contributed by atoms with Crippen LogP contribution in [0.4, 0.5) is 5.69 Å². The molecule has 0 radical (unpaired) electrons. The highest BCUT2D eigenvalue weighted by atomic mass is 32.2. The number of aryl methyl sites for hydroxylation is 3. The fraction of sp³-hybridized carbons (Fsp3) is 0.194. The fourth-order valence-corrected chi connectivity index (χ4v) is 6.35. The summed E-state index contributed by atoms with van der Waals surface area (Å²) in [6.45, 7) is 5.49. The second-order valence-electron chi connectivity index (χ2n) is 9.40. The summed E-state index contributed by atoms with van der Waals surface area (Å²) in [5, 5.41) is 3.00. The Kier molecular flexibility index (Phi) is 8.21. The van der Waals surface area contributed by atoms with Crippen molar-refractivity contribution in [2.24, 2.45) is 0 Å². The van der Waals surface area contributed by atoms with Gasteiger partial charge in [-0.15, -0.1) is 0 Å². The zero-order valence-electron chi connectivity index (χ0n) is 21.4. The Balaban J connectivity index is 1.64. The Bertz CT molecular complexity index is 1460. The van der Waals surface area contributed by atoms with Gasteiger partial charge in [0.15, 0.2) is 0 Å². The van der Waals surface area contributed by atoms with Crippen LogP contribution in [-0.4, -0.2) is 20.4 Å². The number of rotatable bonds is 9. The van der Waals surface area contributed by atoms with Crippen LogP contribution >= 0.6 is 0 Å². The number of carbonyl (C=O) groups excluding carboxylic acids is 1. The van der Waals surface area contributed by atoms with Crippen molar-refractivity contribution in [1.29, 1.82) is 0 Å². The Morgan fingerprint density at radius 3 is 1.92 bits per heavy atom. The number of amides is 1. The van der Waals surface area contributed by atoms with Crippen LogP contribution in [0.1, 0.15) is 33.4 Å². The van der Waals surface area contributed by atoms with Crippen LogP contribution in [-0.2, 0) is 27.7 Å². The number of sulfonamides is 1. The highest BCUT2D eigenvalue weighted by molar-refractivity contribution is 7.89. The van der Waals surface area contributed by atoms with Gasteiger partial charge < -0.3 is 5.32 Å². The normalized spacial score (nSPS) is 12.2. The van der Waals surface area contributed by atoms with E-state index in [1.807, 2.05) is 104 Å². The first kappa shape index (κ1) is 26.3. The average molecular weight is 513 g/mol. The van der Waals surface area contributed by atoms with Gasteiger partial charge in [-0.05, 0) is 67.5 Å². The Hall–Kier alpha value is -3.74. The van der Waals surface area contributed by atoms with Crippen molar-refractivity contribution < 1.29 is 13.2 Å². The van der Waals surface area contributed by atoms with Crippen molar-refractivity contribution in [2.45, 2.75) is 44.6 Å². The number of hydrogen-bond acceptors (Lipinski definition) is 3. The van der Waals surface area contributed by atoms with Gasteiger partial charge in [-0.2, -0.15) is 4.72 Å². The number of carbonyl (C=O) groups is 1. The quantitative estimate of drug-likeness (QED) is 0.301. The largest absolute Gasteiger partial charge is 0.324 e. The van der Waals surface area contributed by atoms with Gasteiger partial charge in [0, 0.05) is 5.69 Å². The molecular formula is C31H32N2O3S. The number of para-hydroxylation sites is 1. The van der Waals surface area contributed by atoms with E-state index in [-0.39, 0.29) is 11.3 Å². The van der Waals surface area contributed by atoms with Gasteiger partial charge >= 0.3 is 0 Å². The third-order valence-corrected chi connectivity index (χ3v) is 8.06. The molecule has 190 valence electrons. The number of nitrogens with one attached hydrogen (secondary N) is 2. The molecule has 0 aromatic heterocycles. The van der Waals surface area contributed by atoms with Crippen molar-refractivity contribution in [1.82, 2.24) is 4.72 Å². The van der Waals surface area contributed by atoms with E-state index in [0.717, 1.165) is 22.3 Å². The molecule has 0 bridgehead atoms. The van der Waals surface area contributed by atoms with E-state index in [2.05, 4.69) is 10.0 Å². The van der Waals surface area contributed by atoms with E-state index in [0.29, 0.717) is 23.2 Å². The molecule has 4 rings (SSSR count). The first-order valence-electron chi connectivity index (χ1n) is 12.3. The minimum Gasteiger partial charge on any atom is -0.324 e. The Labute approximate surface area is 219 Å². The number of hydrogen-bond donors (Lipinski definition) is 2. The molecule has 0 aliphatic carbocycles. The predicted molar refractivity (Wildman–Crippen MR) is 149 cm³/mol. The molecular weight excluding hydrogens is 480 g/mol. The Morgan fingerprint density at radius 1 is 0.757 bits per heavy atom. The lowest BCUT2D eigenvalue weighted by Gasteiger charge is -2.21. The van der Waals surface area contributed by atoms with Gasteiger partial charge in [0.05, 0.1) is 4.90 Å². The highest BCUT2D eigenvalue weighted by Crippen LogP contribution is 2.23. The van der Waals surface area contributed by atoms with E-state index >= 15 is 0 Å². The molecule has 0 aliphatic heterocycles. The van der Waals surface area contributed by atoms with Crippen LogP contribution in [0, 0.1) is 20.8 Å². The molecule has 0 heterocycles. The summed E-state index contributed by atoms with van der Waals surface area (Å²) in [4.78, 5) is 13.8. The van der Waals surface area contributed by atoms with Crippen molar-refractivity contribution in [3.63, 3.8) is 0 Å². The van der Waals surface area contributed by atoms with E-state index in [1.165, 1.54) is 0 Å². The summed E-state index contributed by atoms with van der Waals surface area (Å²) in [6.07, 6.45) is 0.866. The average Bonchev–Trinajstić information content (AvgIpc) is 2.85. The highest BCUT2D eigenvalue weighted by Gasteiger charge is 2.29. The molecule has 1 amide bonds. The summed E-state index contributed by atoms with van der Waals surface area (Å²) >= 11 is 0. The summed E-state index contributed by atoms with van der Waals surface area (Å²) in [5.41, 5.74) is 5.89. The van der Waals surface area contributed by atoms with Gasteiger partial charge in [0.25, 0.3) is 0 Å². The maximum Gasteiger partial charge on any atom is 0.242 e. The van der Waals surface area contributed by atoms with Crippen LogP contribution in [0.25, 0.3) is 0 Å². The minimum absolute atomic E-state index is 0.216. The third kappa shape index (κ3) is 6.73. The molecule has 0 aliphatic rings. The molecule has 1 unspecified atom stereocenters. The van der Waals surface area contributed by atoms with Crippen LogP contribution in [0.2, 0.25) is 0 Å². The van der Waals surface area contributed by atoms with Gasteiger partial charge in [-0.3, -0.25) is 4.79 Å². The molecule has 0 fully saturated rings. The fourth-order valence-electron chi connectivity index (χ4n) is 4.71. The zero-order valence-corrected chi connectivity index (χ0v) is 22.2. The van der Waals surface area contributed by atoms with Crippen molar-refractivity contribution in [2.75, 3.05) is 5.32 Å². The van der Waals surface area contributed by atoms with Crippen molar-refractivity contribution >= 4 is 21.6 Å². The standard InChI is InChI=1S/C31H32N2O3S/c1-22-18-23(2)30(24(3)19-22)37(35,36)33-29(21-26-14-8-5-9-15-26)31(34)32-28-17-11-10-16-27(28)20-25-12-6-4-7-13-25/h4-19,29,33H,20-21H2,1-3H3,(H,32,34). The van der Waals surface area contributed by atoms with E-state index < -0.39 is 22.0 Å². The van der Waals surface area contributed by atoms with E-state index in [9.17, 15) is 13.2 Å². The second-order valence-corrected chi connectivity index (χ2v) is 11.1. The zero-order chi connectivity index (χ0) is 26.4. The first-order chi connectivity index (χ1) is 17.7. The molecule has 0 spiro atoms. The van der Waals surface area contributed by atoms with Gasteiger partial charge in [0.2, 0.25) is 15.9 Å². The molecule has 1 atom stereocenters. The molecule has 4 aromatic carbocycles. The molecule has 6 heteroatoms. The maximum absolute atomic E-state index is 13.6. The van der Waals surface area contributed by atoms with Gasteiger partial charge in [0.1, 0.15) is 6.04 Å². The molecule has 0 saturated carbocycles. The van der Waals surface area contributed by atoms with Crippen LogP contribution in [0.15, 0.2) is 102 Å². The van der Waals surface area contributed by atoms with E-state index in [4.69, 9.17) is 0 Å². The van der Waals surface area contributed by atoms with Crippen molar-refractivity contribution in [3.05, 3.63) is 130 Å². The summed E-state index contributed by atoms with van der Waals surface area (Å²) in [6, 6.07) is 29.7. The molecule has 5 nitrogen and oxygen atoms in total. The molecule has 0 saturated heterocycles. The number of anilines is 1. The Morgan fingerprint density at radius 2 is 1.30 bits per heavy atom. The monoisotopic (exact) mass is 512 g/mol. The lowest BCUT2D eigenvalue weighted by atomic mass is 10.0. The summed E-state index contributed by atoms with van der Waals surface area (Å²) in [7, 11) is -3.96. The number of benzene rings is 4. The summed E-state index contributed by atoms with van der Waals surface area (Å²) in [5.74, 6) is -0.407. The maximum atomic E-state index is 13.6. The van der Waals surface area contributed by atoms with Gasteiger partial charge in [-0.1, -0.05) is 96.6 Å². The van der Waals surface area contributed by atoms with Crippen molar-refractivity contribution in [3.8, 4) is 0 Å². The van der Waals surface area contributed by atoms with Crippen LogP contribution < -0.4 is 10.0 Å². The minimum atomic E-state index is -3.96. The second kappa shape index (κ2) is 11.5. The smallest absolute Gasteiger partial charge is 0.242 e. The lowest BCUT2D eigenvalue weighted by molar-refractivity contribution is -0.117. The molecule has 37 heavy (non-hydrogen) atoms. The van der Waals surface area contributed by atoms with Gasteiger partial charge in [-0.25, -0.2) is 8.42 Å². The molecule has 4 aromatic rings. The molecule has 2 N–H and O–H groups in total. The summed E-state index contributed by atoms with van der Waals surface area (Å²) < 4.78 is 29.8. The van der Waals surface area contributed by atoms with E-state index in [1.54, 1.807) is 13.8 Å². The topological polar surface area (TPSA) is 75.3 Å². The predicted octanol–water partition coefficient (Wildman–Crippen LogP) is 5.73. The third-order valence-electron chi connectivity index (χ3n) is 6.28. The first-order valence-corrected chi connectivity index (χ1v) is 13.8.